The summed E-state index contributed by atoms with van der Waals surface area (Å²) < 4.78 is 32.1. The fourth-order valence-electron chi connectivity index (χ4n) is 3.24. The number of carbonyl (C=O) groups excluding carboxylic acids is 1. The third-order valence-corrected chi connectivity index (χ3v) is 5.82. The van der Waals surface area contributed by atoms with Gasteiger partial charge in [-0.15, -0.1) is 0 Å². The number of nitrogens with zero attached hydrogens (tertiary/aromatic N) is 1. The van der Waals surface area contributed by atoms with Crippen LogP contribution in [0.25, 0.3) is 0 Å². The van der Waals surface area contributed by atoms with E-state index in [-0.39, 0.29) is 12.5 Å². The van der Waals surface area contributed by atoms with Gasteiger partial charge in [-0.2, -0.15) is 0 Å². The molecule has 7 heteroatoms. The minimum Gasteiger partial charge on any atom is -0.494 e. The highest BCUT2D eigenvalue weighted by atomic mass is 32.2. The maximum atomic E-state index is 13.0. The van der Waals surface area contributed by atoms with E-state index in [4.69, 9.17) is 4.74 Å². The molecule has 6 nitrogen and oxygen atoms in total. The van der Waals surface area contributed by atoms with Crippen molar-refractivity contribution >= 4 is 21.6 Å². The zero-order valence-corrected chi connectivity index (χ0v) is 18.5. The number of aryl methyl sites for hydroxylation is 2. The van der Waals surface area contributed by atoms with Gasteiger partial charge in [0, 0.05) is 12.1 Å². The van der Waals surface area contributed by atoms with Gasteiger partial charge in [0.05, 0.1) is 18.6 Å². The van der Waals surface area contributed by atoms with Gasteiger partial charge >= 0.3 is 0 Å². The molecule has 2 rings (SSSR count). The van der Waals surface area contributed by atoms with E-state index < -0.39 is 16.1 Å². The second-order valence-electron chi connectivity index (χ2n) is 7.03. The Bertz CT molecular complexity index is 957. The number of nitrogens with one attached hydrogen (secondary N) is 1. The van der Waals surface area contributed by atoms with E-state index in [2.05, 4.69) is 5.32 Å². The highest BCUT2D eigenvalue weighted by molar-refractivity contribution is 7.92. The first kappa shape index (κ1) is 22.7. The van der Waals surface area contributed by atoms with Gasteiger partial charge in [-0.3, -0.25) is 9.10 Å². The highest BCUT2D eigenvalue weighted by Crippen LogP contribution is 2.27. The van der Waals surface area contributed by atoms with Crippen LogP contribution in [0.1, 0.15) is 37.0 Å². The van der Waals surface area contributed by atoms with Crippen molar-refractivity contribution in [2.45, 2.75) is 46.7 Å². The molecule has 0 aliphatic carbocycles. The summed E-state index contributed by atoms with van der Waals surface area (Å²) in [5, 5.41) is 2.88. The molecule has 29 heavy (non-hydrogen) atoms. The summed E-state index contributed by atoms with van der Waals surface area (Å²) in [7, 11) is -3.67. The average Bonchev–Trinajstić information content (AvgIpc) is 2.66. The third kappa shape index (κ3) is 5.73. The van der Waals surface area contributed by atoms with Crippen LogP contribution >= 0.6 is 0 Å². The number of rotatable bonds is 9. The summed E-state index contributed by atoms with van der Waals surface area (Å²) in [6.07, 6.45) is 1.48. The molecule has 1 N–H and O–H groups in total. The van der Waals surface area contributed by atoms with Crippen LogP contribution in [0.15, 0.2) is 42.5 Å². The number of ether oxygens (including phenoxy) is 1. The molecule has 0 aliphatic rings. The summed E-state index contributed by atoms with van der Waals surface area (Å²) >= 11 is 0. The molecule has 0 fully saturated rings. The molecule has 0 radical (unpaired) electrons. The molecule has 0 bridgehead atoms. The van der Waals surface area contributed by atoms with E-state index >= 15 is 0 Å². The molecule has 2 aromatic rings. The molecule has 0 spiro atoms. The predicted octanol–water partition coefficient (Wildman–Crippen LogP) is 3.56. The fourth-order valence-corrected chi connectivity index (χ4v) is 4.50. The normalized spacial score (nSPS) is 12.3. The quantitative estimate of drug-likeness (QED) is 0.676. The summed E-state index contributed by atoms with van der Waals surface area (Å²) in [4.78, 5) is 13.0. The number of anilines is 1. The van der Waals surface area contributed by atoms with Crippen molar-refractivity contribution in [1.82, 2.24) is 5.32 Å². The zero-order valence-electron chi connectivity index (χ0n) is 17.7. The van der Waals surface area contributed by atoms with Gasteiger partial charge in [0.15, 0.2) is 0 Å². The number of carbonyl (C=O) groups is 1. The van der Waals surface area contributed by atoms with Crippen molar-refractivity contribution in [3.05, 3.63) is 59.2 Å². The Kier molecular flexibility index (Phi) is 7.67. The third-order valence-electron chi connectivity index (χ3n) is 4.66. The van der Waals surface area contributed by atoms with Gasteiger partial charge in [0.1, 0.15) is 11.8 Å². The lowest BCUT2D eigenvalue weighted by molar-refractivity contribution is -0.122. The number of para-hydroxylation sites is 1. The molecule has 0 unspecified atom stereocenters. The molecule has 0 heterocycles. The Morgan fingerprint density at radius 2 is 1.83 bits per heavy atom. The summed E-state index contributed by atoms with van der Waals surface area (Å²) in [5.74, 6) is 0.364. The van der Waals surface area contributed by atoms with Gasteiger partial charge in [0.2, 0.25) is 15.9 Å². The Morgan fingerprint density at radius 1 is 1.14 bits per heavy atom. The molecular formula is C22H30N2O4S. The Hall–Kier alpha value is -2.54. The van der Waals surface area contributed by atoms with Crippen LogP contribution in [0.3, 0.4) is 0 Å². The van der Waals surface area contributed by atoms with Crippen molar-refractivity contribution < 1.29 is 17.9 Å². The molecule has 2 aromatic carbocycles. The van der Waals surface area contributed by atoms with Crippen LogP contribution < -0.4 is 14.4 Å². The van der Waals surface area contributed by atoms with Gasteiger partial charge in [-0.25, -0.2) is 8.42 Å². The number of hydrogen-bond donors (Lipinski definition) is 1. The molecule has 0 aliphatic heterocycles. The monoisotopic (exact) mass is 418 g/mol. The fraction of sp³-hybridized carbons (Fsp3) is 0.409. The van der Waals surface area contributed by atoms with Crippen molar-refractivity contribution in [1.29, 1.82) is 0 Å². The molecule has 158 valence electrons. The van der Waals surface area contributed by atoms with Gasteiger partial charge in [-0.1, -0.05) is 37.3 Å². The summed E-state index contributed by atoms with van der Waals surface area (Å²) in [6, 6.07) is 12.2. The Morgan fingerprint density at radius 3 is 2.45 bits per heavy atom. The van der Waals surface area contributed by atoms with Crippen LogP contribution in [0.4, 0.5) is 5.69 Å². The first-order valence-corrected chi connectivity index (χ1v) is 11.6. The smallest absolute Gasteiger partial charge is 0.244 e. The van der Waals surface area contributed by atoms with E-state index in [0.717, 1.165) is 22.9 Å². The number of amides is 1. The SMILES string of the molecule is CCOc1ccccc1CNC(=O)[C@H](CC)N(c1cc(C)ccc1C)S(C)(=O)=O. The lowest BCUT2D eigenvalue weighted by Gasteiger charge is -2.31. The van der Waals surface area contributed by atoms with Gasteiger partial charge < -0.3 is 10.1 Å². The molecule has 1 amide bonds. The highest BCUT2D eigenvalue weighted by Gasteiger charge is 2.32. The summed E-state index contributed by atoms with van der Waals surface area (Å²) in [5.41, 5.74) is 3.11. The zero-order chi connectivity index (χ0) is 21.6. The van der Waals surface area contributed by atoms with Crippen LogP contribution in [0, 0.1) is 13.8 Å². The second-order valence-corrected chi connectivity index (χ2v) is 8.89. The van der Waals surface area contributed by atoms with Crippen molar-refractivity contribution in [2.24, 2.45) is 0 Å². The second kappa shape index (κ2) is 9.78. The van der Waals surface area contributed by atoms with Crippen LogP contribution in [0.2, 0.25) is 0 Å². The largest absolute Gasteiger partial charge is 0.494 e. The molecular weight excluding hydrogens is 388 g/mol. The molecule has 0 saturated carbocycles. The molecule has 0 saturated heterocycles. The predicted molar refractivity (Wildman–Crippen MR) is 117 cm³/mol. The van der Waals surface area contributed by atoms with Crippen molar-refractivity contribution in [2.75, 3.05) is 17.2 Å². The summed E-state index contributed by atoms with van der Waals surface area (Å²) in [6.45, 7) is 8.23. The Balaban J connectivity index is 2.31. The van der Waals surface area contributed by atoms with E-state index in [0.29, 0.717) is 24.5 Å². The van der Waals surface area contributed by atoms with Gasteiger partial charge in [0.25, 0.3) is 0 Å². The van der Waals surface area contributed by atoms with Crippen LogP contribution in [0.5, 0.6) is 5.75 Å². The van der Waals surface area contributed by atoms with E-state index in [1.165, 1.54) is 4.31 Å². The van der Waals surface area contributed by atoms with Crippen LogP contribution in [-0.4, -0.2) is 33.2 Å². The van der Waals surface area contributed by atoms with Crippen molar-refractivity contribution in [3.8, 4) is 5.75 Å². The number of hydrogen-bond acceptors (Lipinski definition) is 4. The minimum atomic E-state index is -3.67. The van der Waals surface area contributed by atoms with E-state index in [1.54, 1.807) is 6.07 Å². The molecule has 1 atom stereocenters. The lowest BCUT2D eigenvalue weighted by Crippen LogP contribution is -2.49. The number of benzene rings is 2. The topological polar surface area (TPSA) is 75.7 Å². The average molecular weight is 419 g/mol. The van der Waals surface area contributed by atoms with Crippen LogP contribution in [-0.2, 0) is 21.4 Å². The van der Waals surface area contributed by atoms with E-state index in [1.807, 2.05) is 64.1 Å². The minimum absolute atomic E-state index is 0.260. The molecule has 0 aromatic heterocycles. The van der Waals surface area contributed by atoms with Crippen molar-refractivity contribution in [3.63, 3.8) is 0 Å². The Labute approximate surface area is 173 Å². The maximum Gasteiger partial charge on any atom is 0.244 e. The first-order valence-electron chi connectivity index (χ1n) is 9.74. The van der Waals surface area contributed by atoms with Gasteiger partial charge in [-0.05, 0) is 50.5 Å². The maximum absolute atomic E-state index is 13.0. The first-order chi connectivity index (χ1) is 13.7. The van der Waals surface area contributed by atoms with E-state index in [9.17, 15) is 13.2 Å². The lowest BCUT2D eigenvalue weighted by atomic mass is 10.1. The standard InChI is InChI=1S/C22H30N2O4S/c1-6-19(22(25)23-15-18-10-8-9-11-21(18)28-7-2)24(29(5,26)27)20-14-16(3)12-13-17(20)4/h8-14,19H,6-7,15H2,1-5H3,(H,23,25)/t19-/m0/s1. The number of sulfonamides is 1.